The summed E-state index contributed by atoms with van der Waals surface area (Å²) in [7, 11) is 4.39. The number of methoxy groups -OCH3 is 3. The average molecular weight is 468 g/mol. The fourth-order valence-corrected chi connectivity index (χ4v) is 4.28. The third kappa shape index (κ3) is 4.70. The number of benzene rings is 2. The Balaban J connectivity index is 1.87. The molecule has 0 spiro atoms. The molecule has 0 saturated heterocycles. The smallest absolute Gasteiger partial charge is 0.328 e. The molecule has 0 unspecified atom stereocenters. The molecule has 9 heteroatoms. The maximum atomic E-state index is 13.1. The molecule has 4 N–H and O–H groups in total. The number of esters is 1. The number of hydrogen-bond donors (Lipinski definition) is 3. The zero-order valence-corrected chi connectivity index (χ0v) is 19.4. The lowest BCUT2D eigenvalue weighted by atomic mass is 9.94. The van der Waals surface area contributed by atoms with Crippen LogP contribution in [0.15, 0.2) is 36.4 Å². The topological polar surface area (TPSA) is 129 Å². The van der Waals surface area contributed by atoms with Gasteiger partial charge in [0.2, 0.25) is 11.8 Å². The summed E-state index contributed by atoms with van der Waals surface area (Å²) in [5.74, 6) is -0.323. The van der Waals surface area contributed by atoms with Crippen LogP contribution in [0.2, 0.25) is 0 Å². The number of carbonyl (C=O) groups excluding carboxylic acids is 3. The number of fused-ring (bicyclic) bond motifs is 5. The fraction of sp³-hybridized carbons (Fsp3) is 0.400. The van der Waals surface area contributed by atoms with Gasteiger partial charge in [-0.2, -0.15) is 0 Å². The zero-order valence-electron chi connectivity index (χ0n) is 19.4. The van der Waals surface area contributed by atoms with Crippen molar-refractivity contribution < 1.29 is 28.6 Å². The lowest BCUT2D eigenvalue weighted by Crippen LogP contribution is -2.54. The van der Waals surface area contributed by atoms with Crippen molar-refractivity contribution in [3.05, 3.63) is 47.5 Å². The van der Waals surface area contributed by atoms with E-state index in [4.69, 9.17) is 19.9 Å². The molecule has 9 nitrogen and oxygen atoms in total. The number of carbonyl (C=O) groups is 3. The summed E-state index contributed by atoms with van der Waals surface area (Å²) in [6.45, 7) is 0. The van der Waals surface area contributed by atoms with Gasteiger partial charge in [-0.1, -0.05) is 12.1 Å². The van der Waals surface area contributed by atoms with Crippen LogP contribution >= 0.6 is 0 Å². The molecule has 2 aromatic carbocycles. The van der Waals surface area contributed by atoms with Crippen LogP contribution in [-0.2, 0) is 25.5 Å². The lowest BCUT2D eigenvalue weighted by Gasteiger charge is -2.25. The van der Waals surface area contributed by atoms with Gasteiger partial charge >= 0.3 is 5.97 Å². The van der Waals surface area contributed by atoms with Gasteiger partial charge in [0, 0.05) is 17.5 Å². The van der Waals surface area contributed by atoms with Crippen molar-refractivity contribution in [2.24, 2.45) is 11.7 Å². The fourth-order valence-electron chi connectivity index (χ4n) is 4.28. The Kier molecular flexibility index (Phi) is 6.74. The van der Waals surface area contributed by atoms with Gasteiger partial charge in [-0.25, -0.2) is 4.79 Å². The van der Waals surface area contributed by atoms with Crippen molar-refractivity contribution in [2.45, 2.75) is 37.4 Å². The highest BCUT2D eigenvalue weighted by atomic mass is 16.5. The molecule has 0 radical (unpaired) electrons. The highest BCUT2D eigenvalue weighted by molar-refractivity contribution is 5.93. The normalized spacial score (nSPS) is 22.6. The minimum atomic E-state index is -1.01. The molecule has 2 aliphatic rings. The van der Waals surface area contributed by atoms with Gasteiger partial charge in [-0.05, 0) is 54.2 Å². The molecule has 1 saturated carbocycles. The molecular weight excluding hydrogens is 438 g/mol. The first kappa shape index (κ1) is 23.6. The van der Waals surface area contributed by atoms with Crippen LogP contribution in [0.1, 0.15) is 30.0 Å². The first-order valence-electron chi connectivity index (χ1n) is 11.2. The average Bonchev–Trinajstić information content (AvgIpc) is 3.70. The van der Waals surface area contributed by atoms with Gasteiger partial charge in [0.05, 0.1) is 21.3 Å². The van der Waals surface area contributed by atoms with E-state index in [2.05, 4.69) is 10.6 Å². The molecule has 2 amide bonds. The molecule has 1 aliphatic carbocycles. The first-order valence-corrected chi connectivity index (χ1v) is 11.2. The van der Waals surface area contributed by atoms with Gasteiger partial charge < -0.3 is 30.6 Å². The predicted octanol–water partition coefficient (Wildman–Crippen LogP) is 1.48. The summed E-state index contributed by atoms with van der Waals surface area (Å²) < 4.78 is 16.1. The monoisotopic (exact) mass is 467 g/mol. The number of rotatable bonds is 4. The Morgan fingerprint density at radius 2 is 1.56 bits per heavy atom. The Labute approximate surface area is 197 Å². The highest BCUT2D eigenvalue weighted by Gasteiger charge is 2.39. The van der Waals surface area contributed by atoms with Gasteiger partial charge in [0.15, 0.2) is 0 Å². The summed E-state index contributed by atoms with van der Waals surface area (Å²) in [5, 5.41) is 5.56. The van der Waals surface area contributed by atoms with E-state index in [0.717, 1.165) is 18.4 Å². The number of ether oxygens (including phenoxy) is 3. The van der Waals surface area contributed by atoms with E-state index in [-0.39, 0.29) is 12.3 Å². The van der Waals surface area contributed by atoms with Crippen molar-refractivity contribution in [1.82, 2.24) is 10.6 Å². The Morgan fingerprint density at radius 3 is 2.18 bits per heavy atom. The number of nitrogens with two attached hydrogens (primary N) is 1. The van der Waals surface area contributed by atoms with Gasteiger partial charge in [-0.3, -0.25) is 9.59 Å². The molecule has 4 rings (SSSR count). The standard InChI is InChI=1S/C25H29N3O6/c1-32-19-8-4-13-10-16(19)17-12-15(7-9-20(17)33-2)21(26)23(29)28-22(14-5-6-14)24(30)27-18(11-13)25(31)34-3/h4,7-10,12,14,18,21-22H,5-6,11,26H2,1-3H3,(H,27,30)(H,28,29)/t18-,21-,22-/m0/s1. The minimum absolute atomic E-state index is 0.00127. The minimum Gasteiger partial charge on any atom is -0.496 e. The number of nitrogens with one attached hydrogen (secondary N) is 2. The van der Waals surface area contributed by atoms with Crippen LogP contribution < -0.4 is 25.8 Å². The molecule has 1 heterocycles. The first-order chi connectivity index (χ1) is 16.4. The summed E-state index contributed by atoms with van der Waals surface area (Å²) in [6.07, 6.45) is 1.82. The van der Waals surface area contributed by atoms with Crippen LogP contribution in [0.3, 0.4) is 0 Å². The van der Waals surface area contributed by atoms with Crippen molar-refractivity contribution in [3.63, 3.8) is 0 Å². The van der Waals surface area contributed by atoms with Gasteiger partial charge in [-0.15, -0.1) is 0 Å². The molecule has 2 aromatic rings. The largest absolute Gasteiger partial charge is 0.496 e. The van der Waals surface area contributed by atoms with E-state index in [1.165, 1.54) is 7.11 Å². The predicted molar refractivity (Wildman–Crippen MR) is 124 cm³/mol. The molecule has 3 atom stereocenters. The second-order valence-corrected chi connectivity index (χ2v) is 8.58. The van der Waals surface area contributed by atoms with Crippen molar-refractivity contribution >= 4 is 17.8 Å². The summed E-state index contributed by atoms with van der Waals surface area (Å²) in [6, 6.07) is 8.05. The molecule has 1 aliphatic heterocycles. The number of hydrogen-bond acceptors (Lipinski definition) is 7. The quantitative estimate of drug-likeness (QED) is 0.581. The van der Waals surface area contributed by atoms with E-state index >= 15 is 0 Å². The third-order valence-corrected chi connectivity index (χ3v) is 6.33. The maximum Gasteiger partial charge on any atom is 0.328 e. The van der Waals surface area contributed by atoms with E-state index in [0.29, 0.717) is 28.2 Å². The molecular formula is C25H29N3O6. The van der Waals surface area contributed by atoms with E-state index in [9.17, 15) is 14.4 Å². The van der Waals surface area contributed by atoms with Crippen LogP contribution in [0.4, 0.5) is 0 Å². The van der Waals surface area contributed by atoms with Crippen LogP contribution in [-0.4, -0.2) is 51.2 Å². The van der Waals surface area contributed by atoms with Crippen LogP contribution in [0.5, 0.6) is 11.5 Å². The van der Waals surface area contributed by atoms with E-state index in [1.807, 2.05) is 12.1 Å². The van der Waals surface area contributed by atoms with E-state index in [1.54, 1.807) is 38.5 Å². The maximum absolute atomic E-state index is 13.1. The van der Waals surface area contributed by atoms with Gasteiger partial charge in [0.1, 0.15) is 29.6 Å². The summed E-state index contributed by atoms with van der Waals surface area (Å²) >= 11 is 0. The molecule has 1 fully saturated rings. The van der Waals surface area contributed by atoms with E-state index < -0.39 is 35.9 Å². The van der Waals surface area contributed by atoms with Crippen molar-refractivity contribution in [3.8, 4) is 22.6 Å². The van der Waals surface area contributed by atoms with Crippen LogP contribution in [0.25, 0.3) is 11.1 Å². The third-order valence-electron chi connectivity index (χ3n) is 6.33. The van der Waals surface area contributed by atoms with Crippen molar-refractivity contribution in [1.29, 1.82) is 0 Å². The summed E-state index contributed by atoms with van der Waals surface area (Å²) in [5.41, 5.74) is 9.06. The Hall–Kier alpha value is -3.59. The van der Waals surface area contributed by atoms with Gasteiger partial charge in [0.25, 0.3) is 0 Å². The zero-order chi connectivity index (χ0) is 24.4. The summed E-state index contributed by atoms with van der Waals surface area (Å²) in [4.78, 5) is 38.7. The second kappa shape index (κ2) is 9.72. The Morgan fingerprint density at radius 1 is 0.912 bits per heavy atom. The molecule has 180 valence electrons. The lowest BCUT2D eigenvalue weighted by molar-refractivity contribution is -0.145. The Bertz CT molecular complexity index is 1110. The number of amides is 2. The second-order valence-electron chi connectivity index (χ2n) is 8.58. The molecule has 4 bridgehead atoms. The SMILES string of the molecule is COC(=O)[C@@H]1Cc2ccc(OC)c(c2)-c2cc(ccc2OC)[C@H](N)C(=O)N[C@@H](C2CC2)C(=O)N1. The molecule has 34 heavy (non-hydrogen) atoms. The van der Waals surface area contributed by atoms with Crippen molar-refractivity contribution in [2.75, 3.05) is 21.3 Å². The molecule has 0 aromatic heterocycles. The highest BCUT2D eigenvalue weighted by Crippen LogP contribution is 2.39. The van der Waals surface area contributed by atoms with Crippen LogP contribution in [0, 0.1) is 5.92 Å².